The molecule has 0 aliphatic carbocycles. The zero-order valence-electron chi connectivity index (χ0n) is 9.35. The van der Waals surface area contributed by atoms with E-state index in [0.717, 1.165) is 0 Å². The third kappa shape index (κ3) is 3.19. The van der Waals surface area contributed by atoms with Crippen LogP contribution in [-0.2, 0) is 5.41 Å². The second-order valence-electron chi connectivity index (χ2n) is 4.27. The minimum atomic E-state index is -0.397. The van der Waals surface area contributed by atoms with E-state index in [0.29, 0.717) is 17.1 Å². The Morgan fingerprint density at radius 2 is 2.19 bits per heavy atom. The Hall–Kier alpha value is -1.11. The van der Waals surface area contributed by atoms with Crippen molar-refractivity contribution in [1.29, 1.82) is 5.26 Å². The van der Waals surface area contributed by atoms with Crippen LogP contribution in [0.1, 0.15) is 19.4 Å². The molecule has 0 saturated heterocycles. The maximum absolute atomic E-state index is 13.6. The van der Waals surface area contributed by atoms with Gasteiger partial charge in [-0.25, -0.2) is 4.39 Å². The van der Waals surface area contributed by atoms with E-state index in [1.54, 1.807) is 6.07 Å². The first kappa shape index (κ1) is 13.0. The first-order valence-corrected chi connectivity index (χ1v) is 5.38. The third-order valence-corrected chi connectivity index (χ3v) is 2.66. The second kappa shape index (κ2) is 5.29. The lowest BCUT2D eigenvalue weighted by Crippen LogP contribution is -2.33. The minimum Gasteiger partial charge on any atom is -0.304 e. The Bertz CT molecular complexity index is 410. The zero-order chi connectivity index (χ0) is 12.2. The molecule has 0 radical (unpaired) electrons. The summed E-state index contributed by atoms with van der Waals surface area (Å²) >= 11 is 5.84. The first-order chi connectivity index (χ1) is 7.47. The smallest absolute Gasteiger partial charge is 0.127 e. The Kier molecular flexibility index (Phi) is 4.28. The molecule has 4 heteroatoms. The fraction of sp³-hybridized carbons (Fsp3) is 0.417. The molecule has 0 spiro atoms. The first-order valence-electron chi connectivity index (χ1n) is 5.00. The fourth-order valence-electron chi connectivity index (χ4n) is 1.54. The number of rotatable bonds is 4. The van der Waals surface area contributed by atoms with Crippen LogP contribution in [0.4, 0.5) is 4.39 Å². The SMILES string of the molecule is CC(C)(CNCC#N)c1cc(Cl)ccc1F. The van der Waals surface area contributed by atoms with Gasteiger partial charge in [0.15, 0.2) is 0 Å². The van der Waals surface area contributed by atoms with Gasteiger partial charge in [0.05, 0.1) is 12.6 Å². The van der Waals surface area contributed by atoms with E-state index >= 15 is 0 Å². The highest BCUT2D eigenvalue weighted by molar-refractivity contribution is 6.30. The lowest BCUT2D eigenvalue weighted by atomic mass is 9.84. The summed E-state index contributed by atoms with van der Waals surface area (Å²) in [5.41, 5.74) is 0.164. The number of nitriles is 1. The maximum atomic E-state index is 13.6. The summed E-state index contributed by atoms with van der Waals surface area (Å²) in [6, 6.07) is 6.51. The van der Waals surface area contributed by atoms with Crippen molar-refractivity contribution in [2.24, 2.45) is 0 Å². The average Bonchev–Trinajstić information content (AvgIpc) is 2.22. The Morgan fingerprint density at radius 3 is 2.81 bits per heavy atom. The Balaban J connectivity index is 2.88. The van der Waals surface area contributed by atoms with Gasteiger partial charge in [0.2, 0.25) is 0 Å². The highest BCUT2D eigenvalue weighted by Gasteiger charge is 2.23. The van der Waals surface area contributed by atoms with Gasteiger partial charge in [-0.2, -0.15) is 5.26 Å². The van der Waals surface area contributed by atoms with Crippen molar-refractivity contribution in [3.63, 3.8) is 0 Å². The normalized spacial score (nSPS) is 11.2. The summed E-state index contributed by atoms with van der Waals surface area (Å²) < 4.78 is 13.6. The van der Waals surface area contributed by atoms with Crippen LogP contribution in [0.3, 0.4) is 0 Å². The van der Waals surface area contributed by atoms with Gasteiger partial charge in [-0.15, -0.1) is 0 Å². The number of hydrogen-bond acceptors (Lipinski definition) is 2. The van der Waals surface area contributed by atoms with Crippen molar-refractivity contribution in [1.82, 2.24) is 5.32 Å². The lowest BCUT2D eigenvalue weighted by molar-refractivity contribution is 0.456. The molecule has 0 bridgehead atoms. The molecule has 0 fully saturated rings. The van der Waals surface area contributed by atoms with Gasteiger partial charge in [0.1, 0.15) is 5.82 Å². The van der Waals surface area contributed by atoms with Crippen molar-refractivity contribution < 1.29 is 4.39 Å². The monoisotopic (exact) mass is 240 g/mol. The third-order valence-electron chi connectivity index (χ3n) is 2.43. The molecule has 0 aromatic heterocycles. The molecule has 0 atom stereocenters. The number of nitrogens with one attached hydrogen (secondary N) is 1. The van der Waals surface area contributed by atoms with Gasteiger partial charge in [0, 0.05) is 17.0 Å². The summed E-state index contributed by atoms with van der Waals surface area (Å²) in [4.78, 5) is 0. The highest BCUT2D eigenvalue weighted by Crippen LogP contribution is 2.27. The standard InChI is InChI=1S/C12H14ClFN2/c1-12(2,8-16-6-5-15)10-7-9(13)3-4-11(10)14/h3-4,7,16H,6,8H2,1-2H3. The van der Waals surface area contributed by atoms with Gasteiger partial charge in [-0.05, 0) is 23.8 Å². The predicted octanol–water partition coefficient (Wildman–Crippen LogP) is 2.87. The molecule has 0 aliphatic rings. The minimum absolute atomic E-state index is 0.256. The quantitative estimate of drug-likeness (QED) is 0.649. The molecule has 0 amide bonds. The van der Waals surface area contributed by atoms with Crippen LogP contribution in [0, 0.1) is 17.1 Å². The van der Waals surface area contributed by atoms with E-state index in [-0.39, 0.29) is 12.4 Å². The van der Waals surface area contributed by atoms with Gasteiger partial charge < -0.3 is 5.32 Å². The van der Waals surface area contributed by atoms with Crippen molar-refractivity contribution in [3.8, 4) is 6.07 Å². The Labute approximate surface area is 100 Å². The highest BCUT2D eigenvalue weighted by atomic mass is 35.5. The van der Waals surface area contributed by atoms with Gasteiger partial charge >= 0.3 is 0 Å². The second-order valence-corrected chi connectivity index (χ2v) is 4.71. The molecule has 1 aromatic carbocycles. The molecule has 1 N–H and O–H groups in total. The molecule has 1 rings (SSSR count). The number of halogens is 2. The van der Waals surface area contributed by atoms with E-state index in [4.69, 9.17) is 16.9 Å². The fourth-order valence-corrected chi connectivity index (χ4v) is 1.71. The molecule has 16 heavy (non-hydrogen) atoms. The van der Waals surface area contributed by atoms with E-state index in [1.165, 1.54) is 12.1 Å². The molecule has 2 nitrogen and oxygen atoms in total. The topological polar surface area (TPSA) is 35.8 Å². The summed E-state index contributed by atoms with van der Waals surface area (Å²) in [7, 11) is 0. The van der Waals surface area contributed by atoms with E-state index < -0.39 is 5.41 Å². The van der Waals surface area contributed by atoms with Crippen LogP contribution in [0.5, 0.6) is 0 Å². The summed E-state index contributed by atoms with van der Waals surface area (Å²) in [5, 5.41) is 11.9. The number of hydrogen-bond donors (Lipinski definition) is 1. The van der Waals surface area contributed by atoms with E-state index in [2.05, 4.69) is 5.32 Å². The molecule has 0 saturated carbocycles. The summed E-state index contributed by atoms with van der Waals surface area (Å²) in [6.45, 7) is 4.60. The van der Waals surface area contributed by atoms with Crippen molar-refractivity contribution in [2.75, 3.05) is 13.1 Å². The van der Waals surface area contributed by atoms with Crippen LogP contribution >= 0.6 is 11.6 Å². The van der Waals surface area contributed by atoms with Crippen LogP contribution < -0.4 is 5.32 Å². The van der Waals surface area contributed by atoms with Gasteiger partial charge in [-0.1, -0.05) is 25.4 Å². The average molecular weight is 241 g/mol. The summed E-state index contributed by atoms with van der Waals surface area (Å²) in [6.07, 6.45) is 0. The molecule has 1 aromatic rings. The maximum Gasteiger partial charge on any atom is 0.127 e. The Morgan fingerprint density at radius 1 is 1.50 bits per heavy atom. The lowest BCUT2D eigenvalue weighted by Gasteiger charge is -2.25. The largest absolute Gasteiger partial charge is 0.304 e. The number of nitrogens with zero attached hydrogens (tertiary/aromatic N) is 1. The molecule has 0 heterocycles. The molecule has 0 aliphatic heterocycles. The van der Waals surface area contributed by atoms with Crippen LogP contribution in [0.25, 0.3) is 0 Å². The van der Waals surface area contributed by atoms with E-state index in [1.807, 2.05) is 19.9 Å². The van der Waals surface area contributed by atoms with Crippen LogP contribution in [-0.4, -0.2) is 13.1 Å². The van der Waals surface area contributed by atoms with Crippen LogP contribution in [0.15, 0.2) is 18.2 Å². The molecular formula is C12H14ClFN2. The zero-order valence-corrected chi connectivity index (χ0v) is 10.1. The van der Waals surface area contributed by atoms with Gasteiger partial charge in [0.25, 0.3) is 0 Å². The van der Waals surface area contributed by atoms with Crippen molar-refractivity contribution >= 4 is 11.6 Å². The molecule has 86 valence electrons. The summed E-state index contributed by atoms with van der Waals surface area (Å²) in [5.74, 6) is -0.270. The van der Waals surface area contributed by atoms with Gasteiger partial charge in [-0.3, -0.25) is 0 Å². The van der Waals surface area contributed by atoms with Crippen molar-refractivity contribution in [3.05, 3.63) is 34.6 Å². The van der Waals surface area contributed by atoms with Crippen LogP contribution in [0.2, 0.25) is 5.02 Å². The molecular weight excluding hydrogens is 227 g/mol. The number of benzene rings is 1. The van der Waals surface area contributed by atoms with E-state index in [9.17, 15) is 4.39 Å². The van der Waals surface area contributed by atoms with Crippen molar-refractivity contribution in [2.45, 2.75) is 19.3 Å². The molecule has 0 unspecified atom stereocenters. The predicted molar refractivity (Wildman–Crippen MR) is 62.9 cm³/mol.